The lowest BCUT2D eigenvalue weighted by molar-refractivity contribution is -0.132. The molecule has 4 rings (SSSR count). The summed E-state index contributed by atoms with van der Waals surface area (Å²) in [4.78, 5) is 38.6. The lowest BCUT2D eigenvalue weighted by Crippen LogP contribution is -2.29. The van der Waals surface area contributed by atoms with Gasteiger partial charge in [-0.2, -0.15) is 0 Å². The third-order valence-electron chi connectivity index (χ3n) is 5.14. The molecule has 1 atom stereocenters. The number of benzene rings is 3. The maximum Gasteiger partial charge on any atom is 0.300 e. The van der Waals surface area contributed by atoms with Crippen molar-refractivity contribution in [3.63, 3.8) is 0 Å². The highest BCUT2D eigenvalue weighted by Gasteiger charge is 2.46. The van der Waals surface area contributed by atoms with Crippen molar-refractivity contribution in [2.45, 2.75) is 13.0 Å². The topological polar surface area (TPSA) is 86.7 Å². The van der Waals surface area contributed by atoms with E-state index in [1.807, 2.05) is 0 Å². The molecule has 0 spiro atoms. The minimum Gasteiger partial charge on any atom is -0.507 e. The first-order chi connectivity index (χ1) is 15.4. The average molecular weight is 430 g/mol. The quantitative estimate of drug-likeness (QED) is 0.365. The maximum atomic E-state index is 13.6. The fraction of sp³-hybridized carbons (Fsp3) is 0.0800. The van der Waals surface area contributed by atoms with E-state index >= 15 is 0 Å². The molecule has 3 aromatic rings. The molecule has 6 nitrogen and oxygen atoms in total. The van der Waals surface area contributed by atoms with E-state index < -0.39 is 23.5 Å². The molecule has 7 heteroatoms. The average Bonchev–Trinajstić information content (AvgIpc) is 3.05. The zero-order chi connectivity index (χ0) is 22.8. The van der Waals surface area contributed by atoms with Crippen LogP contribution in [0.1, 0.15) is 24.1 Å². The van der Waals surface area contributed by atoms with Gasteiger partial charge in [0.1, 0.15) is 11.6 Å². The molecule has 2 amide bonds. The molecule has 0 saturated carbocycles. The number of aliphatic hydroxyl groups excluding tert-OH is 1. The lowest BCUT2D eigenvalue weighted by atomic mass is 9.95. The third kappa shape index (κ3) is 3.88. The molecule has 160 valence electrons. The van der Waals surface area contributed by atoms with Crippen molar-refractivity contribution in [3.8, 4) is 0 Å². The van der Waals surface area contributed by atoms with Gasteiger partial charge in [-0.05, 0) is 42.0 Å². The van der Waals surface area contributed by atoms with Gasteiger partial charge in [0, 0.05) is 23.9 Å². The van der Waals surface area contributed by atoms with Crippen molar-refractivity contribution >= 4 is 34.7 Å². The van der Waals surface area contributed by atoms with Gasteiger partial charge in [-0.25, -0.2) is 4.39 Å². The highest BCUT2D eigenvalue weighted by molar-refractivity contribution is 6.51. The van der Waals surface area contributed by atoms with Gasteiger partial charge in [-0.15, -0.1) is 0 Å². The van der Waals surface area contributed by atoms with Gasteiger partial charge >= 0.3 is 0 Å². The van der Waals surface area contributed by atoms with Crippen LogP contribution in [0.4, 0.5) is 15.8 Å². The number of halogens is 1. The maximum absolute atomic E-state index is 13.6. The molecule has 1 aliphatic rings. The van der Waals surface area contributed by atoms with Crippen LogP contribution in [0.5, 0.6) is 0 Å². The number of nitrogens with one attached hydrogen (secondary N) is 1. The van der Waals surface area contributed by atoms with Crippen molar-refractivity contribution in [2.24, 2.45) is 0 Å². The van der Waals surface area contributed by atoms with Crippen LogP contribution in [-0.2, 0) is 14.4 Å². The summed E-state index contributed by atoms with van der Waals surface area (Å²) in [6.45, 7) is 1.38. The summed E-state index contributed by atoms with van der Waals surface area (Å²) < 4.78 is 13.6. The standard InChI is InChI=1S/C25H19FN2O4/c1-15(29)27-19-11-13-20(14-12-19)28-22(16-7-9-18(26)10-8-16)21(24(31)25(28)32)23(30)17-5-3-2-4-6-17/h2-14,22,30H,1H3,(H,27,29)/t22-/m1/s1. The second kappa shape index (κ2) is 8.47. The van der Waals surface area contributed by atoms with Gasteiger partial charge < -0.3 is 10.4 Å². The van der Waals surface area contributed by atoms with E-state index in [0.29, 0.717) is 22.5 Å². The predicted octanol–water partition coefficient (Wildman–Crippen LogP) is 4.41. The van der Waals surface area contributed by atoms with E-state index in [-0.39, 0.29) is 17.2 Å². The highest BCUT2D eigenvalue weighted by atomic mass is 19.1. The Labute approximate surface area is 183 Å². The van der Waals surface area contributed by atoms with E-state index in [0.717, 1.165) is 0 Å². The van der Waals surface area contributed by atoms with Crippen LogP contribution in [0, 0.1) is 5.82 Å². The molecule has 0 aromatic heterocycles. The molecule has 3 aromatic carbocycles. The van der Waals surface area contributed by atoms with Gasteiger partial charge in [0.05, 0.1) is 11.6 Å². The van der Waals surface area contributed by atoms with Crippen LogP contribution in [0.25, 0.3) is 5.76 Å². The monoisotopic (exact) mass is 430 g/mol. The summed E-state index contributed by atoms with van der Waals surface area (Å²) in [6.07, 6.45) is 0. The second-order valence-electron chi connectivity index (χ2n) is 7.31. The number of hydrogen-bond donors (Lipinski definition) is 2. The SMILES string of the molecule is CC(=O)Nc1ccc(N2C(=O)C(=O)C(=C(O)c3ccccc3)[C@H]2c2ccc(F)cc2)cc1. The summed E-state index contributed by atoms with van der Waals surface area (Å²) in [6, 6.07) is 19.3. The Bertz CT molecular complexity index is 1220. The second-order valence-corrected chi connectivity index (χ2v) is 7.31. The Balaban J connectivity index is 1.87. The molecule has 1 saturated heterocycles. The number of hydrogen-bond acceptors (Lipinski definition) is 4. The lowest BCUT2D eigenvalue weighted by Gasteiger charge is -2.25. The van der Waals surface area contributed by atoms with Gasteiger partial charge in [0.2, 0.25) is 5.91 Å². The number of Topliss-reactive ketones (excluding diaryl/α,β-unsaturated/α-hetero) is 1. The number of carbonyl (C=O) groups is 3. The van der Waals surface area contributed by atoms with Gasteiger partial charge in [0.15, 0.2) is 0 Å². The van der Waals surface area contributed by atoms with E-state index in [9.17, 15) is 23.9 Å². The van der Waals surface area contributed by atoms with Crippen molar-refractivity contribution in [3.05, 3.63) is 101 Å². The molecule has 1 heterocycles. The van der Waals surface area contributed by atoms with Gasteiger partial charge in [-0.1, -0.05) is 42.5 Å². The fourth-order valence-corrected chi connectivity index (χ4v) is 3.72. The number of nitrogens with zero attached hydrogens (tertiary/aromatic N) is 1. The van der Waals surface area contributed by atoms with Crippen molar-refractivity contribution in [2.75, 3.05) is 10.2 Å². The number of ketones is 1. The first kappa shape index (κ1) is 21.0. The van der Waals surface area contributed by atoms with Crippen LogP contribution >= 0.6 is 0 Å². The first-order valence-electron chi connectivity index (χ1n) is 9.86. The molecular formula is C25H19FN2O4. The summed E-state index contributed by atoms with van der Waals surface area (Å²) in [7, 11) is 0. The van der Waals surface area contributed by atoms with Crippen LogP contribution in [0.15, 0.2) is 84.4 Å². The Morgan fingerprint density at radius 3 is 2.16 bits per heavy atom. The van der Waals surface area contributed by atoms with Crippen LogP contribution < -0.4 is 10.2 Å². The zero-order valence-electron chi connectivity index (χ0n) is 17.1. The molecule has 0 unspecified atom stereocenters. The molecule has 1 fully saturated rings. The van der Waals surface area contributed by atoms with E-state index in [2.05, 4.69) is 5.32 Å². The van der Waals surface area contributed by atoms with Gasteiger partial charge in [-0.3, -0.25) is 19.3 Å². The van der Waals surface area contributed by atoms with E-state index in [4.69, 9.17) is 0 Å². The minimum atomic E-state index is -0.956. The van der Waals surface area contributed by atoms with Crippen molar-refractivity contribution in [1.82, 2.24) is 0 Å². The predicted molar refractivity (Wildman–Crippen MR) is 118 cm³/mol. The van der Waals surface area contributed by atoms with E-state index in [1.54, 1.807) is 54.6 Å². The summed E-state index contributed by atoms with van der Waals surface area (Å²) >= 11 is 0. The molecule has 1 aliphatic heterocycles. The number of anilines is 2. The minimum absolute atomic E-state index is 0.0845. The third-order valence-corrected chi connectivity index (χ3v) is 5.14. The summed E-state index contributed by atoms with van der Waals surface area (Å²) in [5, 5.41) is 13.6. The Morgan fingerprint density at radius 2 is 1.56 bits per heavy atom. The van der Waals surface area contributed by atoms with Crippen molar-refractivity contribution < 1.29 is 23.9 Å². The number of rotatable bonds is 4. The molecule has 2 N–H and O–H groups in total. The first-order valence-corrected chi connectivity index (χ1v) is 9.86. The Hall–Kier alpha value is -4.26. The largest absolute Gasteiger partial charge is 0.507 e. The summed E-state index contributed by atoms with van der Waals surface area (Å²) in [5.74, 6) is -2.67. The molecule has 0 bridgehead atoms. The zero-order valence-corrected chi connectivity index (χ0v) is 17.1. The smallest absolute Gasteiger partial charge is 0.300 e. The molecule has 0 radical (unpaired) electrons. The number of aliphatic hydroxyl groups is 1. The fourth-order valence-electron chi connectivity index (χ4n) is 3.72. The highest BCUT2D eigenvalue weighted by Crippen LogP contribution is 2.42. The number of carbonyl (C=O) groups excluding carboxylic acids is 3. The summed E-state index contributed by atoms with van der Waals surface area (Å²) in [5.41, 5.74) is 1.69. The molecule has 0 aliphatic carbocycles. The van der Waals surface area contributed by atoms with Crippen LogP contribution in [0.2, 0.25) is 0 Å². The molecular weight excluding hydrogens is 411 g/mol. The van der Waals surface area contributed by atoms with Crippen molar-refractivity contribution in [1.29, 1.82) is 0 Å². The molecule has 32 heavy (non-hydrogen) atoms. The van der Waals surface area contributed by atoms with Gasteiger partial charge in [0.25, 0.3) is 11.7 Å². The Morgan fingerprint density at radius 1 is 0.938 bits per heavy atom. The number of amides is 2. The normalized spacial score (nSPS) is 17.4. The van der Waals surface area contributed by atoms with Crippen LogP contribution in [-0.4, -0.2) is 22.7 Å². The van der Waals surface area contributed by atoms with E-state index in [1.165, 1.54) is 36.1 Å². The van der Waals surface area contributed by atoms with Crippen LogP contribution in [0.3, 0.4) is 0 Å². The Kier molecular flexibility index (Phi) is 5.55.